The maximum atomic E-state index is 13.7. The van der Waals surface area contributed by atoms with Crippen molar-refractivity contribution >= 4 is 27.8 Å². The molecule has 0 radical (unpaired) electrons. The van der Waals surface area contributed by atoms with E-state index in [4.69, 9.17) is 10.7 Å². The predicted molar refractivity (Wildman–Crippen MR) is 134 cm³/mol. The van der Waals surface area contributed by atoms with Crippen LogP contribution < -0.4 is 16.2 Å². The van der Waals surface area contributed by atoms with E-state index in [-0.39, 0.29) is 11.6 Å². The lowest BCUT2D eigenvalue weighted by Gasteiger charge is -2.32. The molecule has 1 unspecified atom stereocenters. The van der Waals surface area contributed by atoms with E-state index in [9.17, 15) is 4.79 Å². The molecule has 1 saturated heterocycles. The highest BCUT2D eigenvalue weighted by Gasteiger charge is 2.24. The number of aromatic nitrogens is 4. The van der Waals surface area contributed by atoms with Crippen LogP contribution in [0.25, 0.3) is 21.8 Å². The van der Waals surface area contributed by atoms with Crippen LogP contribution in [0.4, 0.5) is 5.95 Å². The second-order valence-electron chi connectivity index (χ2n) is 8.94. The fourth-order valence-corrected chi connectivity index (χ4v) is 4.68. The van der Waals surface area contributed by atoms with Crippen LogP contribution in [0.5, 0.6) is 0 Å². The summed E-state index contributed by atoms with van der Waals surface area (Å²) < 4.78 is 3.81. The number of hydrogen-bond donors (Lipinski definition) is 1. The summed E-state index contributed by atoms with van der Waals surface area (Å²) in [5, 5.41) is 2.18. The Morgan fingerprint density at radius 3 is 2.91 bits per heavy atom. The summed E-state index contributed by atoms with van der Waals surface area (Å²) in [5.74, 6) is 0.833. The Morgan fingerprint density at radius 2 is 2.09 bits per heavy atom. The SMILES string of the molecule is C/C=C(\C)Cn1c(N2CCCC(N)C2)nc2ccn(Cc3nccc4ccccc34)c(=O)c21. The molecule has 3 aromatic heterocycles. The van der Waals surface area contributed by atoms with Crippen molar-refractivity contribution in [1.82, 2.24) is 19.1 Å². The lowest BCUT2D eigenvalue weighted by atomic mass is 10.1. The van der Waals surface area contributed by atoms with Crippen LogP contribution in [-0.2, 0) is 13.1 Å². The van der Waals surface area contributed by atoms with E-state index >= 15 is 0 Å². The normalized spacial score (nSPS) is 17.2. The fourth-order valence-electron chi connectivity index (χ4n) is 4.68. The monoisotopic (exact) mass is 442 g/mol. The van der Waals surface area contributed by atoms with Crippen molar-refractivity contribution in [3.05, 3.63) is 76.5 Å². The summed E-state index contributed by atoms with van der Waals surface area (Å²) in [4.78, 5) is 25.4. The van der Waals surface area contributed by atoms with Crippen LogP contribution >= 0.6 is 0 Å². The molecular weight excluding hydrogens is 412 g/mol. The molecule has 1 aliphatic rings. The molecule has 5 rings (SSSR count). The highest BCUT2D eigenvalue weighted by molar-refractivity contribution is 5.84. The van der Waals surface area contributed by atoms with Crippen molar-refractivity contribution in [2.45, 2.75) is 45.8 Å². The molecule has 1 aliphatic heterocycles. The molecule has 33 heavy (non-hydrogen) atoms. The van der Waals surface area contributed by atoms with Crippen LogP contribution in [0, 0.1) is 0 Å². The Bertz CT molecular complexity index is 1390. The molecule has 0 bridgehead atoms. The number of nitrogens with two attached hydrogens (primary N) is 1. The van der Waals surface area contributed by atoms with Gasteiger partial charge in [0.1, 0.15) is 5.52 Å². The van der Waals surface area contributed by atoms with Crippen LogP contribution in [0.15, 0.2) is 65.2 Å². The number of benzene rings is 1. The minimum atomic E-state index is -0.0498. The standard InChI is InChI=1S/C26H30N6O/c1-3-18(2)15-32-24-22(29-26(32)31-13-6-8-20(27)16-31)11-14-30(25(24)33)17-23-21-9-5-4-7-19(21)10-12-28-23/h3-5,7,9-12,14,20H,6,8,13,15-17,27H2,1-2H3/b18-3+. The molecule has 170 valence electrons. The van der Waals surface area contributed by atoms with Gasteiger partial charge in [0.15, 0.2) is 0 Å². The zero-order valence-electron chi connectivity index (χ0n) is 19.2. The maximum Gasteiger partial charge on any atom is 0.277 e. The Balaban J connectivity index is 1.63. The molecule has 1 aromatic carbocycles. The summed E-state index contributed by atoms with van der Waals surface area (Å²) in [7, 11) is 0. The predicted octanol–water partition coefficient (Wildman–Crippen LogP) is 3.69. The number of pyridine rings is 2. The first-order valence-corrected chi connectivity index (χ1v) is 11.6. The molecule has 0 spiro atoms. The van der Waals surface area contributed by atoms with Gasteiger partial charge in [-0.15, -0.1) is 0 Å². The number of rotatable bonds is 5. The minimum Gasteiger partial charge on any atom is -0.341 e. The Kier molecular flexibility index (Phi) is 5.72. The molecule has 2 N–H and O–H groups in total. The van der Waals surface area contributed by atoms with Gasteiger partial charge in [0, 0.05) is 43.5 Å². The molecule has 0 amide bonds. The van der Waals surface area contributed by atoms with E-state index in [0.29, 0.717) is 18.6 Å². The van der Waals surface area contributed by atoms with Crippen LogP contribution in [0.3, 0.4) is 0 Å². The number of anilines is 1. The molecule has 7 heteroatoms. The quantitative estimate of drug-likeness (QED) is 0.477. The second-order valence-corrected chi connectivity index (χ2v) is 8.94. The molecule has 1 fully saturated rings. The number of piperidine rings is 1. The summed E-state index contributed by atoms with van der Waals surface area (Å²) >= 11 is 0. The zero-order chi connectivity index (χ0) is 22.9. The van der Waals surface area contributed by atoms with Crippen molar-refractivity contribution in [3.8, 4) is 0 Å². The Morgan fingerprint density at radius 1 is 1.24 bits per heavy atom. The van der Waals surface area contributed by atoms with Gasteiger partial charge in [-0.2, -0.15) is 0 Å². The Hall–Kier alpha value is -3.45. The molecule has 7 nitrogen and oxygen atoms in total. The van der Waals surface area contributed by atoms with E-state index in [1.807, 2.05) is 37.4 Å². The molecule has 4 heterocycles. The molecule has 1 atom stereocenters. The van der Waals surface area contributed by atoms with E-state index in [1.165, 1.54) is 5.57 Å². The van der Waals surface area contributed by atoms with Crippen molar-refractivity contribution in [2.75, 3.05) is 18.0 Å². The maximum absolute atomic E-state index is 13.7. The van der Waals surface area contributed by atoms with Gasteiger partial charge in [0.05, 0.1) is 17.8 Å². The van der Waals surface area contributed by atoms with Crippen LogP contribution in [0.1, 0.15) is 32.4 Å². The Labute approximate surface area is 193 Å². The summed E-state index contributed by atoms with van der Waals surface area (Å²) in [5.41, 5.74) is 9.63. The lowest BCUT2D eigenvalue weighted by molar-refractivity contribution is 0.495. The summed E-state index contributed by atoms with van der Waals surface area (Å²) in [6, 6.07) is 12.2. The highest BCUT2D eigenvalue weighted by atomic mass is 16.1. The van der Waals surface area contributed by atoms with Gasteiger partial charge in [-0.1, -0.05) is 35.9 Å². The third kappa shape index (κ3) is 4.04. The summed E-state index contributed by atoms with van der Waals surface area (Å²) in [6.07, 6.45) is 7.77. The third-order valence-corrected chi connectivity index (χ3v) is 6.57. The van der Waals surface area contributed by atoms with Gasteiger partial charge in [-0.25, -0.2) is 4.98 Å². The van der Waals surface area contributed by atoms with Crippen molar-refractivity contribution in [3.63, 3.8) is 0 Å². The van der Waals surface area contributed by atoms with E-state index in [2.05, 4.69) is 39.6 Å². The van der Waals surface area contributed by atoms with E-state index in [1.54, 1.807) is 10.8 Å². The highest BCUT2D eigenvalue weighted by Crippen LogP contribution is 2.25. The van der Waals surface area contributed by atoms with Crippen molar-refractivity contribution in [2.24, 2.45) is 5.73 Å². The largest absolute Gasteiger partial charge is 0.341 e. The molecule has 4 aromatic rings. The van der Waals surface area contributed by atoms with Gasteiger partial charge < -0.3 is 19.8 Å². The molecule has 0 saturated carbocycles. The van der Waals surface area contributed by atoms with Gasteiger partial charge in [0.2, 0.25) is 5.95 Å². The van der Waals surface area contributed by atoms with Crippen molar-refractivity contribution in [1.29, 1.82) is 0 Å². The summed E-state index contributed by atoms with van der Waals surface area (Å²) in [6.45, 7) is 6.80. The number of nitrogens with zero attached hydrogens (tertiary/aromatic N) is 5. The minimum absolute atomic E-state index is 0.0498. The van der Waals surface area contributed by atoms with E-state index < -0.39 is 0 Å². The zero-order valence-corrected chi connectivity index (χ0v) is 19.2. The molecular formula is C26H30N6O. The van der Waals surface area contributed by atoms with Gasteiger partial charge in [0.25, 0.3) is 5.56 Å². The van der Waals surface area contributed by atoms with E-state index in [0.717, 1.165) is 53.9 Å². The second kappa shape index (κ2) is 8.83. The van der Waals surface area contributed by atoms with Crippen molar-refractivity contribution < 1.29 is 0 Å². The molecule has 0 aliphatic carbocycles. The lowest BCUT2D eigenvalue weighted by Crippen LogP contribution is -2.44. The van der Waals surface area contributed by atoms with Gasteiger partial charge >= 0.3 is 0 Å². The number of fused-ring (bicyclic) bond motifs is 2. The van der Waals surface area contributed by atoms with Crippen LogP contribution in [-0.4, -0.2) is 38.2 Å². The first-order chi connectivity index (χ1) is 16.0. The number of imidazole rings is 1. The average molecular weight is 443 g/mol. The average Bonchev–Trinajstić information content (AvgIpc) is 3.20. The van der Waals surface area contributed by atoms with Gasteiger partial charge in [-0.05, 0) is 44.2 Å². The third-order valence-electron chi connectivity index (χ3n) is 6.57. The first-order valence-electron chi connectivity index (χ1n) is 11.6. The number of hydrogen-bond acceptors (Lipinski definition) is 5. The topological polar surface area (TPSA) is 82.0 Å². The first kappa shape index (κ1) is 21.4. The smallest absolute Gasteiger partial charge is 0.277 e. The fraction of sp³-hybridized carbons (Fsp3) is 0.346. The number of allylic oxidation sites excluding steroid dienone is 2. The van der Waals surface area contributed by atoms with Crippen LogP contribution in [0.2, 0.25) is 0 Å². The van der Waals surface area contributed by atoms with Gasteiger partial charge in [-0.3, -0.25) is 9.78 Å².